The second-order valence-corrected chi connectivity index (χ2v) is 7.00. The lowest BCUT2D eigenvalue weighted by atomic mass is 10.1. The largest absolute Gasteiger partial charge is 0.444 e. The first-order chi connectivity index (χ1) is 12.4. The predicted molar refractivity (Wildman–Crippen MR) is 88.5 cm³/mol. The summed E-state index contributed by atoms with van der Waals surface area (Å²) in [6.45, 7) is 4.08. The van der Waals surface area contributed by atoms with Crippen LogP contribution in [0.1, 0.15) is 26.3 Å². The Morgan fingerprint density at radius 3 is 2.30 bits per heavy atom. The SMILES string of the molecule is CC(C)(C)OC(=O)N[C@@]1(C(F)(F)F)NC(=O)N(CCc2ccccc2)C1=O. The van der Waals surface area contributed by atoms with Gasteiger partial charge in [-0.05, 0) is 32.8 Å². The molecule has 0 aromatic heterocycles. The number of nitrogens with one attached hydrogen (secondary N) is 2. The van der Waals surface area contributed by atoms with Crippen molar-refractivity contribution in [1.82, 2.24) is 15.5 Å². The topological polar surface area (TPSA) is 87.7 Å². The number of alkyl halides is 3. The summed E-state index contributed by atoms with van der Waals surface area (Å²) in [6.07, 6.45) is -6.57. The van der Waals surface area contributed by atoms with Crippen LogP contribution in [0.3, 0.4) is 0 Å². The normalized spacial score (nSPS) is 20.4. The summed E-state index contributed by atoms with van der Waals surface area (Å²) < 4.78 is 45.7. The molecule has 2 N–H and O–H groups in total. The number of carbonyl (C=O) groups is 3. The van der Waals surface area contributed by atoms with E-state index in [9.17, 15) is 27.6 Å². The lowest BCUT2D eigenvalue weighted by Gasteiger charge is -2.31. The number of benzene rings is 1. The summed E-state index contributed by atoms with van der Waals surface area (Å²) in [5.41, 5.74) is -3.92. The molecule has 0 bridgehead atoms. The standard InChI is InChI=1S/C17H20F3N3O4/c1-15(2,3)27-14(26)22-16(17(18,19)20)12(24)23(13(25)21-16)10-9-11-7-5-4-6-8-11/h4-8H,9-10H2,1-3H3,(H,21,25)(H,22,26)/t16-/m0/s1. The van der Waals surface area contributed by atoms with Crippen molar-refractivity contribution in [2.45, 2.75) is 44.6 Å². The Morgan fingerprint density at radius 1 is 1.19 bits per heavy atom. The van der Waals surface area contributed by atoms with Gasteiger partial charge in [0.05, 0.1) is 0 Å². The van der Waals surface area contributed by atoms with Crippen LogP contribution in [0.2, 0.25) is 0 Å². The van der Waals surface area contributed by atoms with Crippen molar-refractivity contribution in [3.63, 3.8) is 0 Å². The minimum atomic E-state index is -5.27. The number of rotatable bonds is 4. The number of alkyl carbamates (subject to hydrolysis) is 1. The average molecular weight is 387 g/mol. The van der Waals surface area contributed by atoms with Crippen LogP contribution in [0.5, 0.6) is 0 Å². The van der Waals surface area contributed by atoms with Crippen molar-refractivity contribution in [3.8, 4) is 0 Å². The minimum Gasteiger partial charge on any atom is -0.444 e. The molecule has 27 heavy (non-hydrogen) atoms. The summed E-state index contributed by atoms with van der Waals surface area (Å²) in [5.74, 6) is -1.61. The third-order valence-electron chi connectivity index (χ3n) is 3.69. The molecule has 4 amide bonds. The molecule has 1 heterocycles. The molecule has 2 rings (SSSR count). The zero-order valence-corrected chi connectivity index (χ0v) is 15.0. The van der Waals surface area contributed by atoms with Crippen molar-refractivity contribution in [2.75, 3.05) is 6.54 Å². The van der Waals surface area contributed by atoms with Crippen molar-refractivity contribution >= 4 is 18.0 Å². The molecule has 1 fully saturated rings. The molecular weight excluding hydrogens is 367 g/mol. The number of amides is 4. The highest BCUT2D eigenvalue weighted by Crippen LogP contribution is 2.34. The van der Waals surface area contributed by atoms with Gasteiger partial charge in [-0.15, -0.1) is 0 Å². The van der Waals surface area contributed by atoms with E-state index >= 15 is 0 Å². The highest BCUT2D eigenvalue weighted by Gasteiger charge is 2.69. The third kappa shape index (κ3) is 4.50. The number of urea groups is 1. The quantitative estimate of drug-likeness (QED) is 0.778. The van der Waals surface area contributed by atoms with E-state index in [2.05, 4.69) is 0 Å². The monoisotopic (exact) mass is 387 g/mol. The maximum absolute atomic E-state index is 13.6. The maximum Gasteiger partial charge on any atom is 0.440 e. The van der Waals surface area contributed by atoms with Crippen molar-refractivity contribution < 1.29 is 32.3 Å². The molecule has 0 spiro atoms. The number of hydrogen-bond donors (Lipinski definition) is 2. The van der Waals surface area contributed by atoms with Crippen LogP contribution in [0.25, 0.3) is 0 Å². The Labute approximate surface area is 153 Å². The fourth-order valence-electron chi connectivity index (χ4n) is 2.47. The van der Waals surface area contributed by atoms with E-state index in [-0.39, 0.29) is 13.0 Å². The van der Waals surface area contributed by atoms with E-state index in [1.807, 2.05) is 0 Å². The Bertz CT molecular complexity index is 731. The van der Waals surface area contributed by atoms with Crippen LogP contribution in [0.15, 0.2) is 30.3 Å². The highest BCUT2D eigenvalue weighted by atomic mass is 19.4. The molecule has 1 aromatic rings. The zero-order chi connectivity index (χ0) is 20.5. The van der Waals surface area contributed by atoms with E-state index in [0.29, 0.717) is 4.90 Å². The first-order valence-corrected chi connectivity index (χ1v) is 8.12. The van der Waals surface area contributed by atoms with E-state index in [1.165, 1.54) is 26.1 Å². The number of imide groups is 1. The van der Waals surface area contributed by atoms with Gasteiger partial charge in [-0.3, -0.25) is 20.3 Å². The molecule has 1 atom stereocenters. The third-order valence-corrected chi connectivity index (χ3v) is 3.69. The lowest BCUT2D eigenvalue weighted by Crippen LogP contribution is -2.69. The fraction of sp³-hybridized carbons (Fsp3) is 0.471. The van der Waals surface area contributed by atoms with Gasteiger partial charge in [0, 0.05) is 6.54 Å². The van der Waals surface area contributed by atoms with E-state index in [0.717, 1.165) is 5.56 Å². The van der Waals surface area contributed by atoms with Gasteiger partial charge in [-0.2, -0.15) is 13.2 Å². The van der Waals surface area contributed by atoms with Gasteiger partial charge >= 0.3 is 18.3 Å². The van der Waals surface area contributed by atoms with Crippen LogP contribution in [-0.4, -0.2) is 46.9 Å². The van der Waals surface area contributed by atoms with Gasteiger partial charge in [-0.25, -0.2) is 9.59 Å². The van der Waals surface area contributed by atoms with Gasteiger partial charge < -0.3 is 4.74 Å². The van der Waals surface area contributed by atoms with E-state index < -0.39 is 35.5 Å². The number of hydrogen-bond acceptors (Lipinski definition) is 4. The molecule has 7 nitrogen and oxygen atoms in total. The Morgan fingerprint density at radius 2 is 1.78 bits per heavy atom. The number of halogens is 3. The number of carbonyl (C=O) groups excluding carboxylic acids is 3. The molecular formula is C17H20F3N3O4. The Hall–Kier alpha value is -2.78. The molecule has 1 aliphatic heterocycles. The van der Waals surface area contributed by atoms with Crippen molar-refractivity contribution in [3.05, 3.63) is 35.9 Å². The Kier molecular flexibility index (Phi) is 5.39. The van der Waals surface area contributed by atoms with Crippen LogP contribution >= 0.6 is 0 Å². The predicted octanol–water partition coefficient (Wildman–Crippen LogP) is 2.56. The van der Waals surface area contributed by atoms with Crippen LogP contribution in [-0.2, 0) is 16.0 Å². The molecule has 148 valence electrons. The molecule has 0 radical (unpaired) electrons. The van der Waals surface area contributed by atoms with Crippen LogP contribution < -0.4 is 10.6 Å². The number of nitrogens with zero attached hydrogens (tertiary/aromatic N) is 1. The van der Waals surface area contributed by atoms with Gasteiger partial charge in [0.25, 0.3) is 11.6 Å². The van der Waals surface area contributed by atoms with E-state index in [1.54, 1.807) is 35.6 Å². The molecule has 10 heteroatoms. The molecule has 0 unspecified atom stereocenters. The first-order valence-electron chi connectivity index (χ1n) is 8.12. The lowest BCUT2D eigenvalue weighted by molar-refractivity contribution is -0.201. The molecule has 0 aliphatic carbocycles. The van der Waals surface area contributed by atoms with Crippen LogP contribution in [0.4, 0.5) is 22.8 Å². The summed E-state index contributed by atoms with van der Waals surface area (Å²) in [4.78, 5) is 36.8. The second kappa shape index (κ2) is 7.09. The summed E-state index contributed by atoms with van der Waals surface area (Å²) in [7, 11) is 0. The van der Waals surface area contributed by atoms with Crippen molar-refractivity contribution in [1.29, 1.82) is 0 Å². The maximum atomic E-state index is 13.6. The number of ether oxygens (including phenoxy) is 1. The molecule has 0 saturated carbocycles. The minimum absolute atomic E-state index is 0.167. The Balaban J connectivity index is 2.22. The van der Waals surface area contributed by atoms with Gasteiger partial charge in [0.15, 0.2) is 0 Å². The second-order valence-electron chi connectivity index (χ2n) is 7.00. The highest BCUT2D eigenvalue weighted by molar-refractivity contribution is 6.08. The molecule has 1 aromatic carbocycles. The fourth-order valence-corrected chi connectivity index (χ4v) is 2.47. The average Bonchev–Trinajstić information content (AvgIpc) is 2.75. The zero-order valence-electron chi connectivity index (χ0n) is 15.0. The van der Waals surface area contributed by atoms with Crippen molar-refractivity contribution in [2.24, 2.45) is 0 Å². The first kappa shape index (κ1) is 20.5. The van der Waals surface area contributed by atoms with Gasteiger partial charge in [0.2, 0.25) is 0 Å². The summed E-state index contributed by atoms with van der Waals surface area (Å²) in [6, 6.07) is 7.40. The van der Waals surface area contributed by atoms with E-state index in [4.69, 9.17) is 4.74 Å². The summed E-state index contributed by atoms with van der Waals surface area (Å²) in [5, 5.41) is 3.05. The molecule has 1 saturated heterocycles. The smallest absolute Gasteiger partial charge is 0.440 e. The molecule has 1 aliphatic rings. The van der Waals surface area contributed by atoms with Crippen LogP contribution in [0, 0.1) is 0 Å². The van der Waals surface area contributed by atoms with Gasteiger partial charge in [-0.1, -0.05) is 30.3 Å². The summed E-state index contributed by atoms with van der Waals surface area (Å²) >= 11 is 0. The van der Waals surface area contributed by atoms with Gasteiger partial charge in [0.1, 0.15) is 5.60 Å².